The standard InChI is InChI=1S/C17H27NO3/c1-13(16(19)20)12-18(5)10-11-21-15-8-6-14(7-9-15)17(2,3)4/h6-9,13H,10-12H2,1-5H3,(H,19,20). The van der Waals surface area contributed by atoms with Gasteiger partial charge >= 0.3 is 5.97 Å². The number of likely N-dealkylation sites (N-methyl/N-ethyl adjacent to an activating group) is 1. The van der Waals surface area contributed by atoms with Crippen LogP contribution in [0.5, 0.6) is 5.75 Å². The Morgan fingerprint density at radius 2 is 1.86 bits per heavy atom. The van der Waals surface area contributed by atoms with Crippen molar-refractivity contribution in [3.8, 4) is 5.75 Å². The molecule has 1 N–H and O–H groups in total. The molecule has 0 radical (unpaired) electrons. The summed E-state index contributed by atoms with van der Waals surface area (Å²) in [4.78, 5) is 12.8. The molecule has 21 heavy (non-hydrogen) atoms. The van der Waals surface area contributed by atoms with Crippen LogP contribution in [-0.2, 0) is 10.2 Å². The third-order valence-corrected chi connectivity index (χ3v) is 3.47. The topological polar surface area (TPSA) is 49.8 Å². The Bertz CT molecular complexity index is 448. The maximum atomic E-state index is 10.8. The van der Waals surface area contributed by atoms with Crippen molar-refractivity contribution in [3.05, 3.63) is 29.8 Å². The van der Waals surface area contributed by atoms with E-state index < -0.39 is 5.97 Å². The predicted octanol–water partition coefficient (Wildman–Crippen LogP) is 3.02. The molecule has 4 nitrogen and oxygen atoms in total. The van der Waals surface area contributed by atoms with E-state index in [1.807, 2.05) is 24.1 Å². The number of carboxylic acid groups (broad SMARTS) is 1. The summed E-state index contributed by atoms with van der Waals surface area (Å²) in [6.07, 6.45) is 0. The average molecular weight is 293 g/mol. The number of aliphatic carboxylic acids is 1. The van der Waals surface area contributed by atoms with Crippen molar-refractivity contribution in [3.63, 3.8) is 0 Å². The van der Waals surface area contributed by atoms with Gasteiger partial charge in [0.15, 0.2) is 0 Å². The highest BCUT2D eigenvalue weighted by molar-refractivity contribution is 5.69. The SMILES string of the molecule is CC(CN(C)CCOc1ccc(C(C)(C)C)cc1)C(=O)O. The summed E-state index contributed by atoms with van der Waals surface area (Å²) in [5.74, 6) is -0.274. The smallest absolute Gasteiger partial charge is 0.307 e. The second kappa shape index (κ2) is 7.46. The molecule has 0 heterocycles. The van der Waals surface area contributed by atoms with E-state index >= 15 is 0 Å². The van der Waals surface area contributed by atoms with E-state index in [1.54, 1.807) is 6.92 Å². The summed E-state index contributed by atoms with van der Waals surface area (Å²) in [5.41, 5.74) is 1.42. The normalized spacial score (nSPS) is 13.2. The maximum absolute atomic E-state index is 10.8. The highest BCUT2D eigenvalue weighted by Crippen LogP contribution is 2.24. The number of hydrogen-bond acceptors (Lipinski definition) is 3. The van der Waals surface area contributed by atoms with Gasteiger partial charge in [0, 0.05) is 13.1 Å². The van der Waals surface area contributed by atoms with Crippen LogP contribution in [0.25, 0.3) is 0 Å². The van der Waals surface area contributed by atoms with E-state index in [0.29, 0.717) is 19.7 Å². The molecule has 0 aliphatic rings. The van der Waals surface area contributed by atoms with Gasteiger partial charge in [0.1, 0.15) is 12.4 Å². The van der Waals surface area contributed by atoms with Crippen LogP contribution in [0, 0.1) is 5.92 Å². The Hall–Kier alpha value is -1.55. The van der Waals surface area contributed by atoms with Crippen LogP contribution in [0.15, 0.2) is 24.3 Å². The van der Waals surface area contributed by atoms with Crippen LogP contribution >= 0.6 is 0 Å². The zero-order chi connectivity index (χ0) is 16.0. The number of hydrogen-bond donors (Lipinski definition) is 1. The number of ether oxygens (including phenoxy) is 1. The summed E-state index contributed by atoms with van der Waals surface area (Å²) in [7, 11) is 1.91. The molecule has 0 spiro atoms. The predicted molar refractivity (Wildman–Crippen MR) is 84.9 cm³/mol. The zero-order valence-electron chi connectivity index (χ0n) is 13.7. The number of nitrogens with zero attached hydrogens (tertiary/aromatic N) is 1. The van der Waals surface area contributed by atoms with Crippen molar-refractivity contribution in [1.82, 2.24) is 4.90 Å². The van der Waals surface area contributed by atoms with Crippen LogP contribution in [0.2, 0.25) is 0 Å². The van der Waals surface area contributed by atoms with Gasteiger partial charge in [-0.3, -0.25) is 4.79 Å². The van der Waals surface area contributed by atoms with Gasteiger partial charge in [-0.1, -0.05) is 39.8 Å². The summed E-state index contributed by atoms with van der Waals surface area (Å²) < 4.78 is 5.70. The second-order valence-electron chi connectivity index (χ2n) is 6.62. The molecule has 0 saturated heterocycles. The van der Waals surface area contributed by atoms with Crippen LogP contribution < -0.4 is 4.74 Å². The molecule has 118 valence electrons. The van der Waals surface area contributed by atoms with Crippen molar-refractivity contribution in [1.29, 1.82) is 0 Å². The number of rotatable bonds is 7. The number of carbonyl (C=O) groups is 1. The number of benzene rings is 1. The highest BCUT2D eigenvalue weighted by Gasteiger charge is 2.14. The molecular weight excluding hydrogens is 266 g/mol. The minimum atomic E-state index is -0.763. The van der Waals surface area contributed by atoms with Gasteiger partial charge in [0.05, 0.1) is 5.92 Å². The van der Waals surface area contributed by atoms with Gasteiger partial charge in [0.2, 0.25) is 0 Å². The van der Waals surface area contributed by atoms with Gasteiger partial charge in [-0.15, -0.1) is 0 Å². The Morgan fingerprint density at radius 1 is 1.29 bits per heavy atom. The molecule has 0 bridgehead atoms. The fraction of sp³-hybridized carbons (Fsp3) is 0.588. The van der Waals surface area contributed by atoms with Crippen molar-refractivity contribution < 1.29 is 14.6 Å². The molecular formula is C17H27NO3. The second-order valence-corrected chi connectivity index (χ2v) is 6.62. The van der Waals surface area contributed by atoms with Gasteiger partial charge in [0.25, 0.3) is 0 Å². The molecule has 0 fully saturated rings. The largest absolute Gasteiger partial charge is 0.492 e. The molecule has 1 aromatic rings. The minimum absolute atomic E-state index is 0.145. The molecule has 1 rings (SSSR count). The number of carboxylic acids is 1. The molecule has 1 aromatic carbocycles. The molecule has 1 unspecified atom stereocenters. The van der Waals surface area contributed by atoms with Crippen molar-refractivity contribution >= 4 is 5.97 Å². The first-order valence-electron chi connectivity index (χ1n) is 7.35. The lowest BCUT2D eigenvalue weighted by Gasteiger charge is -2.20. The van der Waals surface area contributed by atoms with E-state index in [2.05, 4.69) is 32.9 Å². The lowest BCUT2D eigenvalue weighted by atomic mass is 9.87. The molecule has 0 aliphatic heterocycles. The van der Waals surface area contributed by atoms with Crippen molar-refractivity contribution in [2.45, 2.75) is 33.1 Å². The molecule has 1 atom stereocenters. The third-order valence-electron chi connectivity index (χ3n) is 3.47. The molecule has 0 aromatic heterocycles. The Morgan fingerprint density at radius 3 is 2.33 bits per heavy atom. The zero-order valence-corrected chi connectivity index (χ0v) is 13.7. The molecule has 4 heteroatoms. The van der Waals surface area contributed by atoms with E-state index in [1.165, 1.54) is 5.56 Å². The van der Waals surface area contributed by atoms with Crippen LogP contribution in [-0.4, -0.2) is 42.7 Å². The quantitative estimate of drug-likeness (QED) is 0.839. The molecule has 0 amide bonds. The maximum Gasteiger partial charge on any atom is 0.307 e. The fourth-order valence-corrected chi connectivity index (χ4v) is 2.01. The highest BCUT2D eigenvalue weighted by atomic mass is 16.5. The molecule has 0 saturated carbocycles. The van der Waals surface area contributed by atoms with Gasteiger partial charge in [-0.2, -0.15) is 0 Å². The summed E-state index contributed by atoms with van der Waals surface area (Å²) in [6, 6.07) is 8.15. The third kappa shape index (κ3) is 6.17. The minimum Gasteiger partial charge on any atom is -0.492 e. The Balaban J connectivity index is 2.37. The van der Waals surface area contributed by atoms with Crippen LogP contribution in [0.3, 0.4) is 0 Å². The van der Waals surface area contributed by atoms with Crippen LogP contribution in [0.1, 0.15) is 33.3 Å². The van der Waals surface area contributed by atoms with Crippen molar-refractivity contribution in [2.24, 2.45) is 5.92 Å². The Kier molecular flexibility index (Phi) is 6.21. The lowest BCUT2D eigenvalue weighted by Crippen LogP contribution is -2.31. The first-order chi connectivity index (χ1) is 9.70. The average Bonchev–Trinajstić information content (AvgIpc) is 2.38. The van der Waals surface area contributed by atoms with E-state index in [9.17, 15) is 4.79 Å². The lowest BCUT2D eigenvalue weighted by molar-refractivity contribution is -0.141. The molecule has 0 aliphatic carbocycles. The van der Waals surface area contributed by atoms with E-state index in [0.717, 1.165) is 5.75 Å². The van der Waals surface area contributed by atoms with Crippen molar-refractivity contribution in [2.75, 3.05) is 26.7 Å². The monoisotopic (exact) mass is 293 g/mol. The van der Waals surface area contributed by atoms with Crippen LogP contribution in [0.4, 0.5) is 0 Å². The Labute approximate surface area is 127 Å². The summed E-state index contributed by atoms with van der Waals surface area (Å²) in [6.45, 7) is 10.0. The van der Waals surface area contributed by atoms with Gasteiger partial charge in [-0.25, -0.2) is 0 Å². The van der Waals surface area contributed by atoms with Gasteiger partial charge in [-0.05, 0) is 30.2 Å². The van der Waals surface area contributed by atoms with E-state index in [-0.39, 0.29) is 11.3 Å². The van der Waals surface area contributed by atoms with E-state index in [4.69, 9.17) is 9.84 Å². The first kappa shape index (κ1) is 17.5. The summed E-state index contributed by atoms with van der Waals surface area (Å²) >= 11 is 0. The first-order valence-corrected chi connectivity index (χ1v) is 7.35. The fourth-order valence-electron chi connectivity index (χ4n) is 2.01. The van der Waals surface area contributed by atoms with Gasteiger partial charge < -0.3 is 14.7 Å². The summed E-state index contributed by atoms with van der Waals surface area (Å²) in [5, 5.41) is 8.87.